The number of ether oxygens (including phenoxy) is 1. The minimum absolute atomic E-state index is 0.0965. The van der Waals surface area contributed by atoms with Crippen molar-refractivity contribution in [3.05, 3.63) is 96.2 Å². The van der Waals surface area contributed by atoms with Gasteiger partial charge in [-0.1, -0.05) is 54.6 Å². The lowest BCUT2D eigenvalue weighted by Crippen LogP contribution is -2.50. The van der Waals surface area contributed by atoms with Crippen molar-refractivity contribution in [1.29, 1.82) is 0 Å². The number of amides is 2. The summed E-state index contributed by atoms with van der Waals surface area (Å²) in [6.45, 7) is 2.09. The average Bonchev–Trinajstić information content (AvgIpc) is 3.33. The molecule has 3 aromatic carbocycles. The van der Waals surface area contributed by atoms with Crippen LogP contribution in [0.5, 0.6) is 5.75 Å². The van der Waals surface area contributed by atoms with Gasteiger partial charge in [0.1, 0.15) is 11.4 Å². The summed E-state index contributed by atoms with van der Waals surface area (Å²) in [5, 5.41) is 7.43. The largest absolute Gasteiger partial charge is 0.477 e. The number of benzene rings is 3. The van der Waals surface area contributed by atoms with Crippen LogP contribution in [0.3, 0.4) is 0 Å². The number of carbonyl (C=O) groups excluding carboxylic acids is 2. The molecule has 5 rings (SSSR count). The van der Waals surface area contributed by atoms with E-state index in [0.717, 1.165) is 16.8 Å². The molecule has 0 aliphatic carbocycles. The number of rotatable bonds is 4. The van der Waals surface area contributed by atoms with Gasteiger partial charge in [-0.15, -0.1) is 0 Å². The quantitative estimate of drug-likeness (QED) is 0.508. The molecule has 4 aromatic rings. The molecule has 170 valence electrons. The smallest absolute Gasteiger partial charge is 0.262 e. The van der Waals surface area contributed by atoms with Crippen LogP contribution in [0.4, 0.5) is 5.69 Å². The van der Waals surface area contributed by atoms with Gasteiger partial charge in [0.05, 0.1) is 23.5 Å². The van der Waals surface area contributed by atoms with Gasteiger partial charge in [0.15, 0.2) is 6.10 Å². The van der Waals surface area contributed by atoms with Crippen LogP contribution in [-0.4, -0.2) is 41.3 Å². The number of anilines is 1. The first-order valence-corrected chi connectivity index (χ1v) is 11.1. The first-order valence-electron chi connectivity index (χ1n) is 11.1. The van der Waals surface area contributed by atoms with E-state index in [9.17, 15) is 9.59 Å². The summed E-state index contributed by atoms with van der Waals surface area (Å²) >= 11 is 0. The van der Waals surface area contributed by atoms with E-state index in [1.165, 1.54) is 0 Å². The maximum Gasteiger partial charge on any atom is 0.262 e. The predicted octanol–water partition coefficient (Wildman–Crippen LogP) is 4.00. The van der Waals surface area contributed by atoms with Crippen molar-refractivity contribution in [2.75, 3.05) is 18.5 Å². The van der Waals surface area contributed by atoms with Gasteiger partial charge in [0.2, 0.25) is 0 Å². The number of hydrogen-bond acceptors (Lipinski definition) is 4. The molecule has 1 aliphatic rings. The van der Waals surface area contributed by atoms with Gasteiger partial charge in [0, 0.05) is 18.8 Å². The third-order valence-electron chi connectivity index (χ3n) is 5.92. The highest BCUT2D eigenvalue weighted by atomic mass is 16.5. The van der Waals surface area contributed by atoms with Crippen LogP contribution in [0.25, 0.3) is 16.9 Å². The number of carbonyl (C=O) groups is 2. The third kappa shape index (κ3) is 3.81. The molecule has 2 amide bonds. The first-order chi connectivity index (χ1) is 16.6. The van der Waals surface area contributed by atoms with E-state index in [-0.39, 0.29) is 18.4 Å². The number of fused-ring (bicyclic) bond motifs is 1. The fourth-order valence-corrected chi connectivity index (χ4v) is 4.15. The summed E-state index contributed by atoms with van der Waals surface area (Å²) in [6.07, 6.45) is 0.946. The van der Waals surface area contributed by atoms with Gasteiger partial charge in [-0.3, -0.25) is 9.59 Å². The van der Waals surface area contributed by atoms with Crippen LogP contribution in [0.1, 0.15) is 15.9 Å². The summed E-state index contributed by atoms with van der Waals surface area (Å²) in [5.41, 5.74) is 4.40. The minimum atomic E-state index is -0.810. The highest BCUT2D eigenvalue weighted by Gasteiger charge is 2.35. The summed E-state index contributed by atoms with van der Waals surface area (Å²) in [5.74, 6) is -0.0416. The monoisotopic (exact) mass is 452 g/mol. The van der Waals surface area contributed by atoms with E-state index in [1.807, 2.05) is 79.7 Å². The molecule has 0 saturated carbocycles. The van der Waals surface area contributed by atoms with Gasteiger partial charge in [-0.2, -0.15) is 5.10 Å². The SMILES string of the molecule is CNC(=O)[C@@H]1CN(C(=O)c2cn(-c3ccccc3)nc2-c2ccccc2C)c2ccccc2O1. The van der Waals surface area contributed by atoms with Crippen molar-refractivity contribution in [3.63, 3.8) is 0 Å². The Balaban J connectivity index is 1.64. The number of aryl methyl sites for hydroxylation is 1. The summed E-state index contributed by atoms with van der Waals surface area (Å²) in [7, 11) is 1.55. The Morgan fingerprint density at radius 1 is 0.971 bits per heavy atom. The molecule has 2 heterocycles. The molecule has 0 bridgehead atoms. The Bertz CT molecular complexity index is 1360. The van der Waals surface area contributed by atoms with Crippen molar-refractivity contribution < 1.29 is 14.3 Å². The van der Waals surface area contributed by atoms with Crippen molar-refractivity contribution in [1.82, 2.24) is 15.1 Å². The van der Waals surface area contributed by atoms with Gasteiger partial charge in [0.25, 0.3) is 11.8 Å². The highest BCUT2D eigenvalue weighted by molar-refractivity contribution is 6.11. The average molecular weight is 453 g/mol. The molecule has 34 heavy (non-hydrogen) atoms. The second kappa shape index (κ2) is 8.86. The maximum atomic E-state index is 14.1. The Kier molecular flexibility index (Phi) is 5.59. The number of aromatic nitrogens is 2. The van der Waals surface area contributed by atoms with Crippen LogP contribution in [0.2, 0.25) is 0 Å². The number of para-hydroxylation sites is 3. The maximum absolute atomic E-state index is 14.1. The fourth-order valence-electron chi connectivity index (χ4n) is 4.15. The van der Waals surface area contributed by atoms with E-state index in [2.05, 4.69) is 5.32 Å². The molecule has 7 heteroatoms. The van der Waals surface area contributed by atoms with Crippen molar-refractivity contribution >= 4 is 17.5 Å². The first kappa shape index (κ1) is 21.5. The van der Waals surface area contributed by atoms with Crippen LogP contribution in [0, 0.1) is 6.92 Å². The van der Waals surface area contributed by atoms with Crippen LogP contribution in [0.15, 0.2) is 85.1 Å². The number of nitrogens with zero attached hydrogens (tertiary/aromatic N) is 3. The van der Waals surface area contributed by atoms with Gasteiger partial charge < -0.3 is 15.0 Å². The van der Waals surface area contributed by atoms with Crippen LogP contribution >= 0.6 is 0 Å². The van der Waals surface area contributed by atoms with E-state index in [4.69, 9.17) is 9.84 Å². The van der Waals surface area contributed by atoms with Crippen molar-refractivity contribution in [2.45, 2.75) is 13.0 Å². The number of nitrogens with one attached hydrogen (secondary N) is 1. The van der Waals surface area contributed by atoms with E-state index in [1.54, 1.807) is 28.9 Å². The predicted molar refractivity (Wildman–Crippen MR) is 130 cm³/mol. The van der Waals surface area contributed by atoms with E-state index < -0.39 is 6.10 Å². The van der Waals surface area contributed by atoms with Crippen LogP contribution < -0.4 is 15.0 Å². The molecular formula is C27H24N4O3. The number of hydrogen-bond donors (Lipinski definition) is 1. The zero-order valence-electron chi connectivity index (χ0n) is 18.9. The van der Waals surface area contributed by atoms with E-state index in [0.29, 0.717) is 22.7 Å². The standard InChI is InChI=1S/C27H24N4O3/c1-18-10-6-7-13-20(18)25-21(16-31(29-25)19-11-4-3-5-12-19)27(33)30-17-24(26(32)28-2)34-23-15-9-8-14-22(23)30/h3-16,24H,17H2,1-2H3,(H,28,32)/t24-/m0/s1. The Hall–Kier alpha value is -4.39. The van der Waals surface area contributed by atoms with Crippen molar-refractivity contribution in [3.8, 4) is 22.7 Å². The van der Waals surface area contributed by atoms with E-state index >= 15 is 0 Å². The number of likely N-dealkylation sites (N-methyl/N-ethyl adjacent to an activating group) is 1. The minimum Gasteiger partial charge on any atom is -0.477 e. The van der Waals surface area contributed by atoms with Gasteiger partial charge in [-0.05, 0) is 36.8 Å². The zero-order chi connectivity index (χ0) is 23.7. The molecule has 0 spiro atoms. The molecule has 1 atom stereocenters. The lowest BCUT2D eigenvalue weighted by Gasteiger charge is -2.34. The Labute approximate surface area is 197 Å². The summed E-state index contributed by atoms with van der Waals surface area (Å²) in [4.78, 5) is 28.1. The molecule has 0 unspecified atom stereocenters. The second-order valence-electron chi connectivity index (χ2n) is 8.09. The third-order valence-corrected chi connectivity index (χ3v) is 5.92. The highest BCUT2D eigenvalue weighted by Crippen LogP contribution is 2.36. The van der Waals surface area contributed by atoms with Crippen molar-refractivity contribution in [2.24, 2.45) is 0 Å². The lowest BCUT2D eigenvalue weighted by atomic mass is 10.0. The normalized spacial score (nSPS) is 14.8. The molecular weight excluding hydrogens is 428 g/mol. The molecule has 0 fully saturated rings. The molecule has 1 aromatic heterocycles. The summed E-state index contributed by atoms with van der Waals surface area (Å²) < 4.78 is 7.60. The zero-order valence-corrected chi connectivity index (χ0v) is 18.9. The van der Waals surface area contributed by atoms with Crippen LogP contribution in [-0.2, 0) is 4.79 Å². The topological polar surface area (TPSA) is 76.5 Å². The fraction of sp³-hybridized carbons (Fsp3) is 0.148. The Morgan fingerprint density at radius 3 is 2.44 bits per heavy atom. The molecule has 1 aliphatic heterocycles. The molecule has 0 radical (unpaired) electrons. The molecule has 7 nitrogen and oxygen atoms in total. The van der Waals surface area contributed by atoms with Gasteiger partial charge in [-0.25, -0.2) is 4.68 Å². The van der Waals surface area contributed by atoms with Gasteiger partial charge >= 0.3 is 0 Å². The molecule has 1 N–H and O–H groups in total. The lowest BCUT2D eigenvalue weighted by molar-refractivity contribution is -0.127. The second-order valence-corrected chi connectivity index (χ2v) is 8.09. The molecule has 0 saturated heterocycles. The summed E-state index contributed by atoms with van der Waals surface area (Å²) in [6, 6.07) is 24.8. The Morgan fingerprint density at radius 2 is 1.68 bits per heavy atom.